The Morgan fingerprint density at radius 1 is 1.10 bits per heavy atom. The van der Waals surface area contributed by atoms with Crippen molar-refractivity contribution in [2.45, 2.75) is 31.4 Å². The van der Waals surface area contributed by atoms with Gasteiger partial charge < -0.3 is 16.2 Å². The Morgan fingerprint density at radius 2 is 1.86 bits per heavy atom. The second kappa shape index (κ2) is 4.70. The maximum absolute atomic E-state index is 5.89. The van der Waals surface area contributed by atoms with Crippen LogP contribution in [0.15, 0.2) is 18.2 Å². The van der Waals surface area contributed by atoms with Gasteiger partial charge in [-0.05, 0) is 53.8 Å². The molecule has 2 atom stereocenters. The van der Waals surface area contributed by atoms with Gasteiger partial charge >= 0.3 is 0 Å². The monoisotopic (exact) mass is 286 g/mol. The Morgan fingerprint density at radius 3 is 2.57 bits per heavy atom. The molecular weight excluding hydrogens is 268 g/mol. The highest BCUT2D eigenvalue weighted by Crippen LogP contribution is 2.43. The first-order valence-corrected chi connectivity index (χ1v) is 7.28. The quantitative estimate of drug-likeness (QED) is 0.823. The van der Waals surface area contributed by atoms with E-state index in [1.165, 1.54) is 12.8 Å². The van der Waals surface area contributed by atoms with Crippen LogP contribution in [-0.4, -0.2) is 32.9 Å². The molecule has 1 saturated carbocycles. The van der Waals surface area contributed by atoms with E-state index in [1.807, 2.05) is 16.8 Å². The Bertz CT molecular complexity index is 645. The van der Waals surface area contributed by atoms with Crippen molar-refractivity contribution >= 4 is 11.4 Å². The van der Waals surface area contributed by atoms with Crippen LogP contribution in [0.25, 0.3) is 11.4 Å². The molecule has 110 valence electrons. The average Bonchev–Trinajstić information content (AvgIpc) is 3.00. The zero-order chi connectivity index (χ0) is 14.4. The summed E-state index contributed by atoms with van der Waals surface area (Å²) in [6.45, 7) is 0.768. The lowest BCUT2D eigenvalue weighted by Gasteiger charge is -2.19. The Hall–Kier alpha value is -2.15. The van der Waals surface area contributed by atoms with Gasteiger partial charge in [0.15, 0.2) is 5.82 Å². The van der Waals surface area contributed by atoms with E-state index in [1.54, 1.807) is 6.07 Å². The van der Waals surface area contributed by atoms with E-state index in [-0.39, 0.29) is 12.1 Å². The summed E-state index contributed by atoms with van der Waals surface area (Å²) >= 11 is 0. The molecule has 0 amide bonds. The lowest BCUT2D eigenvalue weighted by atomic mass is 10.1. The van der Waals surface area contributed by atoms with E-state index in [4.69, 9.17) is 16.2 Å². The highest BCUT2D eigenvalue weighted by Gasteiger charge is 2.42. The van der Waals surface area contributed by atoms with Crippen LogP contribution in [0, 0.1) is 5.92 Å². The van der Waals surface area contributed by atoms with Crippen molar-refractivity contribution in [3.8, 4) is 11.4 Å². The summed E-state index contributed by atoms with van der Waals surface area (Å²) < 4.78 is 7.77. The van der Waals surface area contributed by atoms with Crippen molar-refractivity contribution in [1.29, 1.82) is 0 Å². The van der Waals surface area contributed by atoms with Crippen molar-refractivity contribution < 1.29 is 4.74 Å². The van der Waals surface area contributed by atoms with E-state index >= 15 is 0 Å². The number of hydrogen-bond acceptors (Lipinski definition) is 6. The smallest absolute Gasteiger partial charge is 0.182 e. The summed E-state index contributed by atoms with van der Waals surface area (Å²) in [6, 6.07) is 5.62. The third kappa shape index (κ3) is 2.23. The van der Waals surface area contributed by atoms with Crippen LogP contribution in [0.5, 0.6) is 0 Å². The van der Waals surface area contributed by atoms with E-state index in [9.17, 15) is 0 Å². The summed E-state index contributed by atoms with van der Waals surface area (Å²) in [5, 5.41) is 12.2. The fourth-order valence-corrected chi connectivity index (χ4v) is 3.15. The third-order valence-electron chi connectivity index (χ3n) is 4.23. The maximum Gasteiger partial charge on any atom is 0.182 e. The Kier molecular flexibility index (Phi) is 2.81. The topological polar surface area (TPSA) is 105 Å². The van der Waals surface area contributed by atoms with E-state index in [0.29, 0.717) is 23.1 Å². The first-order chi connectivity index (χ1) is 10.2. The van der Waals surface area contributed by atoms with Gasteiger partial charge in [-0.15, -0.1) is 5.10 Å². The number of tetrazole rings is 1. The third-order valence-corrected chi connectivity index (χ3v) is 4.23. The number of anilines is 2. The van der Waals surface area contributed by atoms with Gasteiger partial charge in [-0.3, -0.25) is 0 Å². The van der Waals surface area contributed by atoms with Crippen LogP contribution in [0.4, 0.5) is 11.4 Å². The van der Waals surface area contributed by atoms with Crippen molar-refractivity contribution in [2.75, 3.05) is 18.1 Å². The number of ether oxygens (including phenoxy) is 1. The van der Waals surface area contributed by atoms with Gasteiger partial charge in [0.1, 0.15) is 0 Å². The number of nitrogens with zero attached hydrogens (tertiary/aromatic N) is 4. The fourth-order valence-electron chi connectivity index (χ4n) is 3.15. The van der Waals surface area contributed by atoms with Crippen LogP contribution in [0.2, 0.25) is 0 Å². The molecule has 1 aliphatic carbocycles. The molecule has 0 bridgehead atoms. The van der Waals surface area contributed by atoms with E-state index in [2.05, 4.69) is 15.5 Å². The maximum atomic E-state index is 5.89. The van der Waals surface area contributed by atoms with E-state index in [0.717, 1.165) is 18.6 Å². The molecule has 21 heavy (non-hydrogen) atoms. The molecule has 0 radical (unpaired) electrons. The van der Waals surface area contributed by atoms with Gasteiger partial charge in [-0.1, -0.05) is 0 Å². The normalized spacial score (nSPS) is 25.3. The number of hydrogen-bond donors (Lipinski definition) is 2. The summed E-state index contributed by atoms with van der Waals surface area (Å²) in [5.41, 5.74) is 13.8. The molecule has 4 rings (SSSR count). The number of benzene rings is 1. The average molecular weight is 286 g/mol. The SMILES string of the molecule is Nc1cc(N)cc(-c2nnnn2C2CCOC2C2CC2)c1. The molecule has 2 unspecified atom stereocenters. The molecule has 2 heterocycles. The first-order valence-electron chi connectivity index (χ1n) is 7.28. The predicted molar refractivity (Wildman–Crippen MR) is 78.2 cm³/mol. The van der Waals surface area contributed by atoms with Gasteiger partial charge in [0, 0.05) is 23.5 Å². The zero-order valence-corrected chi connectivity index (χ0v) is 11.6. The van der Waals surface area contributed by atoms with Crippen LogP contribution in [0.1, 0.15) is 25.3 Å². The van der Waals surface area contributed by atoms with Crippen LogP contribution >= 0.6 is 0 Å². The first kappa shape index (κ1) is 12.6. The largest absolute Gasteiger partial charge is 0.399 e. The zero-order valence-electron chi connectivity index (χ0n) is 11.6. The molecule has 1 aromatic carbocycles. The Balaban J connectivity index is 1.73. The summed E-state index contributed by atoms with van der Waals surface area (Å²) in [6.07, 6.45) is 3.65. The van der Waals surface area contributed by atoms with Crippen molar-refractivity contribution in [3.63, 3.8) is 0 Å². The molecule has 4 N–H and O–H groups in total. The highest BCUT2D eigenvalue weighted by atomic mass is 16.5. The number of rotatable bonds is 3. The number of nitrogen functional groups attached to an aromatic ring is 2. The number of nitrogens with two attached hydrogens (primary N) is 2. The minimum atomic E-state index is 0.199. The molecule has 1 aromatic heterocycles. The molecule has 2 aliphatic rings. The summed E-state index contributed by atoms with van der Waals surface area (Å²) in [4.78, 5) is 0. The van der Waals surface area contributed by atoms with Crippen molar-refractivity contribution in [3.05, 3.63) is 18.2 Å². The molecule has 2 fully saturated rings. The van der Waals surface area contributed by atoms with Crippen LogP contribution in [0.3, 0.4) is 0 Å². The second-order valence-corrected chi connectivity index (χ2v) is 5.86. The van der Waals surface area contributed by atoms with Gasteiger partial charge in [-0.2, -0.15) is 0 Å². The standard InChI is InChI=1S/C14H18N6O/c15-10-5-9(6-11(16)7-10)14-17-18-19-20(14)12-3-4-21-13(12)8-1-2-8/h5-8,12-13H,1-4,15-16H2. The molecule has 1 saturated heterocycles. The highest BCUT2D eigenvalue weighted by molar-refractivity contribution is 5.67. The predicted octanol–water partition coefficient (Wildman–Crippen LogP) is 1.24. The summed E-state index contributed by atoms with van der Waals surface area (Å²) in [5.74, 6) is 1.36. The minimum Gasteiger partial charge on any atom is -0.399 e. The molecule has 2 aromatic rings. The molecule has 0 spiro atoms. The fraction of sp³-hybridized carbons (Fsp3) is 0.500. The number of aromatic nitrogens is 4. The molecule has 7 nitrogen and oxygen atoms in total. The van der Waals surface area contributed by atoms with E-state index < -0.39 is 0 Å². The lowest BCUT2D eigenvalue weighted by molar-refractivity contribution is 0.0725. The van der Waals surface area contributed by atoms with Crippen LogP contribution in [-0.2, 0) is 4.74 Å². The van der Waals surface area contributed by atoms with Crippen molar-refractivity contribution in [1.82, 2.24) is 20.2 Å². The van der Waals surface area contributed by atoms with Gasteiger partial charge in [0.05, 0.1) is 12.1 Å². The molecule has 1 aliphatic heterocycles. The van der Waals surface area contributed by atoms with Gasteiger partial charge in [0.2, 0.25) is 0 Å². The molecule has 7 heteroatoms. The second-order valence-electron chi connectivity index (χ2n) is 5.86. The summed E-state index contributed by atoms with van der Waals surface area (Å²) in [7, 11) is 0. The minimum absolute atomic E-state index is 0.199. The lowest BCUT2D eigenvalue weighted by Crippen LogP contribution is -2.23. The van der Waals surface area contributed by atoms with Gasteiger partial charge in [-0.25, -0.2) is 4.68 Å². The van der Waals surface area contributed by atoms with Crippen molar-refractivity contribution in [2.24, 2.45) is 5.92 Å². The van der Waals surface area contributed by atoms with Gasteiger partial charge in [0.25, 0.3) is 0 Å². The molecular formula is C14H18N6O. The Labute approximate surface area is 122 Å². The van der Waals surface area contributed by atoms with Crippen LogP contribution < -0.4 is 11.5 Å².